The van der Waals surface area contributed by atoms with E-state index < -0.39 is 0 Å². The van der Waals surface area contributed by atoms with Gasteiger partial charge in [0.05, 0.1) is 12.0 Å². The Balaban J connectivity index is 1.55. The third-order valence-corrected chi connectivity index (χ3v) is 4.92. The summed E-state index contributed by atoms with van der Waals surface area (Å²) in [4.78, 5) is 14.9. The SMILES string of the molecule is C[C@H](NC(=O)[C@H]1CCCN(Cc2ccc(F)cc2)C1)c1ccc(F)cc1. The maximum atomic E-state index is 13.0. The molecule has 138 valence electrons. The third-order valence-electron chi connectivity index (χ3n) is 4.92. The van der Waals surface area contributed by atoms with Crippen molar-refractivity contribution in [1.82, 2.24) is 10.2 Å². The number of hydrogen-bond acceptors (Lipinski definition) is 2. The first kappa shape index (κ1) is 18.5. The zero-order valence-electron chi connectivity index (χ0n) is 14.9. The maximum Gasteiger partial charge on any atom is 0.224 e. The molecule has 0 unspecified atom stereocenters. The van der Waals surface area contributed by atoms with Crippen LogP contribution in [-0.2, 0) is 11.3 Å². The summed E-state index contributed by atoms with van der Waals surface area (Å²) in [5.41, 5.74) is 1.94. The first-order valence-corrected chi connectivity index (χ1v) is 9.04. The molecule has 1 heterocycles. The minimum absolute atomic E-state index is 0.0330. The smallest absolute Gasteiger partial charge is 0.224 e. The molecule has 1 aliphatic rings. The summed E-state index contributed by atoms with van der Waals surface area (Å²) in [7, 11) is 0. The van der Waals surface area contributed by atoms with E-state index in [4.69, 9.17) is 0 Å². The Morgan fingerprint density at radius 1 is 1.12 bits per heavy atom. The fourth-order valence-electron chi connectivity index (χ4n) is 3.43. The van der Waals surface area contributed by atoms with E-state index in [-0.39, 0.29) is 29.5 Å². The van der Waals surface area contributed by atoms with Crippen LogP contribution in [0.4, 0.5) is 8.78 Å². The van der Waals surface area contributed by atoms with Crippen LogP contribution in [0.15, 0.2) is 48.5 Å². The summed E-state index contributed by atoms with van der Waals surface area (Å²) in [5, 5.41) is 3.04. The van der Waals surface area contributed by atoms with Crippen LogP contribution in [0.3, 0.4) is 0 Å². The number of benzene rings is 2. The maximum absolute atomic E-state index is 13.0. The van der Waals surface area contributed by atoms with Gasteiger partial charge in [0.1, 0.15) is 11.6 Å². The van der Waals surface area contributed by atoms with Gasteiger partial charge in [0.15, 0.2) is 0 Å². The van der Waals surface area contributed by atoms with Crippen molar-refractivity contribution in [1.29, 1.82) is 0 Å². The first-order chi connectivity index (χ1) is 12.5. The van der Waals surface area contributed by atoms with Crippen molar-refractivity contribution in [3.05, 3.63) is 71.3 Å². The van der Waals surface area contributed by atoms with Crippen LogP contribution in [0.2, 0.25) is 0 Å². The number of likely N-dealkylation sites (tertiary alicyclic amines) is 1. The second-order valence-corrected chi connectivity index (χ2v) is 6.98. The van der Waals surface area contributed by atoms with Crippen LogP contribution in [0.1, 0.15) is 36.9 Å². The highest BCUT2D eigenvalue weighted by molar-refractivity contribution is 5.79. The van der Waals surface area contributed by atoms with Crippen molar-refractivity contribution in [2.24, 2.45) is 5.92 Å². The quantitative estimate of drug-likeness (QED) is 0.874. The molecule has 0 saturated carbocycles. The van der Waals surface area contributed by atoms with Crippen LogP contribution in [0, 0.1) is 17.6 Å². The molecule has 3 rings (SSSR count). The van der Waals surface area contributed by atoms with Crippen LogP contribution in [0.25, 0.3) is 0 Å². The summed E-state index contributed by atoms with van der Waals surface area (Å²) in [6.45, 7) is 4.26. The molecule has 2 aromatic rings. The molecule has 0 aliphatic carbocycles. The van der Waals surface area contributed by atoms with Gasteiger partial charge in [-0.1, -0.05) is 24.3 Å². The van der Waals surface area contributed by atoms with Crippen molar-refractivity contribution in [3.63, 3.8) is 0 Å². The number of hydrogen-bond donors (Lipinski definition) is 1. The number of carbonyl (C=O) groups excluding carboxylic acids is 1. The molecule has 0 radical (unpaired) electrons. The minimum atomic E-state index is -0.281. The van der Waals surface area contributed by atoms with Gasteiger partial charge in [-0.15, -0.1) is 0 Å². The van der Waals surface area contributed by atoms with E-state index in [2.05, 4.69) is 10.2 Å². The van der Waals surface area contributed by atoms with Gasteiger partial charge in [-0.2, -0.15) is 0 Å². The number of amides is 1. The minimum Gasteiger partial charge on any atom is -0.349 e. The molecule has 5 heteroatoms. The van der Waals surface area contributed by atoms with E-state index in [9.17, 15) is 13.6 Å². The van der Waals surface area contributed by atoms with E-state index in [0.29, 0.717) is 6.54 Å². The second kappa shape index (κ2) is 8.41. The Kier molecular flexibility index (Phi) is 5.99. The molecule has 1 saturated heterocycles. The van der Waals surface area contributed by atoms with Gasteiger partial charge in [-0.25, -0.2) is 8.78 Å². The summed E-state index contributed by atoms with van der Waals surface area (Å²) < 4.78 is 26.1. The average molecular weight is 358 g/mol. The van der Waals surface area contributed by atoms with Gasteiger partial charge < -0.3 is 5.32 Å². The van der Waals surface area contributed by atoms with E-state index >= 15 is 0 Å². The van der Waals surface area contributed by atoms with Gasteiger partial charge in [0.2, 0.25) is 5.91 Å². The van der Waals surface area contributed by atoms with Gasteiger partial charge in [0.25, 0.3) is 0 Å². The highest BCUT2D eigenvalue weighted by Crippen LogP contribution is 2.21. The summed E-state index contributed by atoms with van der Waals surface area (Å²) in [5.74, 6) is -0.548. The van der Waals surface area contributed by atoms with E-state index in [1.54, 1.807) is 24.3 Å². The molecule has 0 bridgehead atoms. The zero-order valence-corrected chi connectivity index (χ0v) is 14.9. The number of halogens is 2. The zero-order chi connectivity index (χ0) is 18.5. The topological polar surface area (TPSA) is 32.3 Å². The molecule has 0 aromatic heterocycles. The van der Waals surface area contributed by atoms with E-state index in [1.807, 2.05) is 6.92 Å². The lowest BCUT2D eigenvalue weighted by Gasteiger charge is -2.32. The fraction of sp³-hybridized carbons (Fsp3) is 0.381. The Bertz CT molecular complexity index is 731. The summed E-state index contributed by atoms with van der Waals surface area (Å²) in [6, 6.07) is 12.6. The van der Waals surface area contributed by atoms with E-state index in [0.717, 1.165) is 37.1 Å². The second-order valence-electron chi connectivity index (χ2n) is 6.98. The van der Waals surface area contributed by atoms with Crippen LogP contribution < -0.4 is 5.32 Å². The first-order valence-electron chi connectivity index (χ1n) is 9.04. The third kappa shape index (κ3) is 4.88. The van der Waals surface area contributed by atoms with E-state index in [1.165, 1.54) is 24.3 Å². The van der Waals surface area contributed by atoms with Crippen molar-refractivity contribution < 1.29 is 13.6 Å². The number of rotatable bonds is 5. The molecular formula is C21H24F2N2O. The summed E-state index contributed by atoms with van der Waals surface area (Å²) in [6.07, 6.45) is 1.83. The molecule has 1 aliphatic heterocycles. The van der Waals surface area contributed by atoms with Gasteiger partial charge in [-0.05, 0) is 61.7 Å². The van der Waals surface area contributed by atoms with Crippen molar-refractivity contribution >= 4 is 5.91 Å². The summed E-state index contributed by atoms with van der Waals surface area (Å²) >= 11 is 0. The van der Waals surface area contributed by atoms with Crippen molar-refractivity contribution in [2.45, 2.75) is 32.4 Å². The van der Waals surface area contributed by atoms with Gasteiger partial charge >= 0.3 is 0 Å². The van der Waals surface area contributed by atoms with Crippen LogP contribution in [0.5, 0.6) is 0 Å². The molecule has 26 heavy (non-hydrogen) atoms. The molecular weight excluding hydrogens is 334 g/mol. The largest absolute Gasteiger partial charge is 0.349 e. The lowest BCUT2D eigenvalue weighted by molar-refractivity contribution is -0.127. The highest BCUT2D eigenvalue weighted by Gasteiger charge is 2.26. The molecule has 3 nitrogen and oxygen atoms in total. The Morgan fingerprint density at radius 3 is 2.38 bits per heavy atom. The predicted octanol–water partition coefficient (Wildman–Crippen LogP) is 4.05. The fourth-order valence-corrected chi connectivity index (χ4v) is 3.43. The Labute approximate surface area is 153 Å². The van der Waals surface area contributed by atoms with Gasteiger partial charge in [0, 0.05) is 13.1 Å². The lowest BCUT2D eigenvalue weighted by atomic mass is 9.96. The van der Waals surface area contributed by atoms with Gasteiger partial charge in [-0.3, -0.25) is 9.69 Å². The van der Waals surface area contributed by atoms with Crippen LogP contribution >= 0.6 is 0 Å². The average Bonchev–Trinajstić information content (AvgIpc) is 2.64. The van der Waals surface area contributed by atoms with Crippen molar-refractivity contribution in [3.8, 4) is 0 Å². The number of piperidine rings is 1. The van der Waals surface area contributed by atoms with Crippen LogP contribution in [-0.4, -0.2) is 23.9 Å². The molecule has 1 amide bonds. The Hall–Kier alpha value is -2.27. The van der Waals surface area contributed by atoms with Crippen molar-refractivity contribution in [2.75, 3.05) is 13.1 Å². The molecule has 0 spiro atoms. The highest BCUT2D eigenvalue weighted by atomic mass is 19.1. The predicted molar refractivity (Wildman–Crippen MR) is 97.4 cm³/mol. The standard InChI is InChI=1S/C21H24F2N2O/c1-15(17-6-10-20(23)11-7-17)24-21(26)18-3-2-12-25(14-18)13-16-4-8-19(22)9-5-16/h4-11,15,18H,2-3,12-14H2,1H3,(H,24,26)/t15-,18-/m0/s1. The lowest BCUT2D eigenvalue weighted by Crippen LogP contribution is -2.43. The normalized spacial score (nSPS) is 19.1. The Morgan fingerprint density at radius 2 is 1.73 bits per heavy atom. The number of carbonyl (C=O) groups is 1. The molecule has 1 N–H and O–H groups in total. The molecule has 2 atom stereocenters. The number of nitrogens with one attached hydrogen (secondary N) is 1. The molecule has 2 aromatic carbocycles. The number of nitrogens with zero attached hydrogens (tertiary/aromatic N) is 1. The monoisotopic (exact) mass is 358 g/mol. The molecule has 1 fully saturated rings.